The van der Waals surface area contributed by atoms with Gasteiger partial charge in [-0.05, 0) is 65.9 Å². The second-order valence-corrected chi connectivity index (χ2v) is 13.0. The van der Waals surface area contributed by atoms with Crippen LogP contribution in [0.25, 0.3) is 22.3 Å². The maximum Gasteiger partial charge on any atom is 0.416 e. The van der Waals surface area contributed by atoms with Crippen LogP contribution < -0.4 is 11.1 Å². The summed E-state index contributed by atoms with van der Waals surface area (Å²) in [6.07, 6.45) is -0.226. The Hall–Kier alpha value is -4.25. The van der Waals surface area contributed by atoms with Gasteiger partial charge in [0.15, 0.2) is 0 Å². The molecule has 6 rings (SSSR count). The van der Waals surface area contributed by atoms with E-state index in [0.717, 1.165) is 69.7 Å². The Morgan fingerprint density at radius 3 is 2.12 bits per heavy atom. The standard InChI is InChI=1S/C38H42F3N5O2/c1-45-17-19-46(20-18-45)23-26-5-9-28(10-6-26)29-11-7-27(8-12-29)24-48-25-31-3-2-4-35(31)44-37(47)34-21-32(22-43-36(34)42)30-13-15-33(16-14-30)38(39,40)41/h5-16,21-22,31,35H,2-4,17-20,23-25H2,1H3,(H2,42,43)(H,44,47)/t31?,35-/m0/s1. The summed E-state index contributed by atoms with van der Waals surface area (Å²) in [6.45, 7) is 6.43. The Balaban J connectivity index is 0.992. The number of nitrogens with zero attached hydrogens (tertiary/aromatic N) is 3. The SMILES string of the molecule is CN1CCN(Cc2ccc(-c3ccc(COCC4CCC[C@@H]4NC(=O)c4cc(-c5ccc(C(F)(F)F)cc5)cnc4N)cc3)cc2)CC1. The molecule has 1 unspecified atom stereocenters. The number of likely N-dealkylation sites (N-methyl/N-ethyl adjacent to an activating group) is 1. The van der Waals surface area contributed by atoms with Crippen molar-refractivity contribution in [2.75, 3.05) is 45.6 Å². The number of piperazine rings is 1. The van der Waals surface area contributed by atoms with Crippen LogP contribution in [0.1, 0.15) is 46.3 Å². The van der Waals surface area contributed by atoms with Crippen molar-refractivity contribution >= 4 is 11.7 Å². The van der Waals surface area contributed by atoms with Crippen LogP contribution in [0.3, 0.4) is 0 Å². The smallest absolute Gasteiger partial charge is 0.383 e. The third-order valence-electron chi connectivity index (χ3n) is 9.53. The molecule has 1 saturated carbocycles. The second kappa shape index (κ2) is 14.9. The van der Waals surface area contributed by atoms with E-state index in [1.54, 1.807) is 6.07 Å². The van der Waals surface area contributed by atoms with E-state index in [1.165, 1.54) is 35.0 Å². The van der Waals surface area contributed by atoms with Gasteiger partial charge < -0.3 is 20.7 Å². The van der Waals surface area contributed by atoms with E-state index in [9.17, 15) is 18.0 Å². The number of carbonyl (C=O) groups excluding carboxylic acids is 1. The molecule has 48 heavy (non-hydrogen) atoms. The van der Waals surface area contributed by atoms with Gasteiger partial charge in [-0.1, -0.05) is 67.1 Å². The predicted octanol–water partition coefficient (Wildman–Crippen LogP) is 6.88. The minimum atomic E-state index is -4.42. The van der Waals surface area contributed by atoms with E-state index >= 15 is 0 Å². The Morgan fingerprint density at radius 1 is 0.875 bits per heavy atom. The predicted molar refractivity (Wildman–Crippen MR) is 182 cm³/mol. The molecule has 3 aromatic carbocycles. The number of nitrogen functional groups attached to an aromatic ring is 1. The Kier molecular flexibility index (Phi) is 10.4. The first-order chi connectivity index (χ1) is 23.1. The van der Waals surface area contributed by atoms with Crippen molar-refractivity contribution in [3.8, 4) is 22.3 Å². The fourth-order valence-corrected chi connectivity index (χ4v) is 6.53. The van der Waals surface area contributed by atoms with Crippen molar-refractivity contribution in [3.05, 3.63) is 107 Å². The lowest BCUT2D eigenvalue weighted by Gasteiger charge is -2.32. The zero-order chi connectivity index (χ0) is 33.7. The summed E-state index contributed by atoms with van der Waals surface area (Å²) in [5.41, 5.74) is 11.3. The number of hydrogen-bond acceptors (Lipinski definition) is 6. The van der Waals surface area contributed by atoms with E-state index < -0.39 is 11.7 Å². The average molecular weight is 658 g/mol. The van der Waals surface area contributed by atoms with Gasteiger partial charge in [0.25, 0.3) is 5.91 Å². The van der Waals surface area contributed by atoms with Crippen molar-refractivity contribution in [2.45, 2.75) is 44.6 Å². The minimum absolute atomic E-state index is 0.0685. The lowest BCUT2D eigenvalue weighted by molar-refractivity contribution is -0.137. The first-order valence-electron chi connectivity index (χ1n) is 16.5. The van der Waals surface area contributed by atoms with Gasteiger partial charge in [0.2, 0.25) is 0 Å². The number of pyridine rings is 1. The van der Waals surface area contributed by atoms with Gasteiger partial charge in [-0.25, -0.2) is 4.98 Å². The molecular formula is C38H42F3N5O2. The van der Waals surface area contributed by atoms with Crippen LogP contribution in [0.2, 0.25) is 0 Å². The molecule has 10 heteroatoms. The Labute approximate surface area is 279 Å². The normalized spacial score (nSPS) is 19.0. The quantitative estimate of drug-likeness (QED) is 0.194. The number of carbonyl (C=O) groups is 1. The molecular weight excluding hydrogens is 615 g/mol. The summed E-state index contributed by atoms with van der Waals surface area (Å²) >= 11 is 0. The number of halogens is 3. The molecule has 2 fully saturated rings. The van der Waals surface area contributed by atoms with Gasteiger partial charge >= 0.3 is 6.18 Å². The van der Waals surface area contributed by atoms with E-state index in [-0.39, 0.29) is 29.2 Å². The van der Waals surface area contributed by atoms with E-state index in [0.29, 0.717) is 24.3 Å². The molecule has 252 valence electrons. The number of alkyl halides is 3. The van der Waals surface area contributed by atoms with Crippen LogP contribution in [-0.2, 0) is 24.1 Å². The second-order valence-electron chi connectivity index (χ2n) is 13.0. The maximum atomic E-state index is 13.3. The van der Waals surface area contributed by atoms with E-state index in [1.807, 2.05) is 0 Å². The van der Waals surface area contributed by atoms with Crippen molar-refractivity contribution in [1.29, 1.82) is 0 Å². The molecule has 1 aliphatic carbocycles. The zero-order valence-corrected chi connectivity index (χ0v) is 27.2. The highest BCUT2D eigenvalue weighted by atomic mass is 19.4. The lowest BCUT2D eigenvalue weighted by atomic mass is 10.0. The number of rotatable bonds is 10. The number of ether oxygens (including phenoxy) is 1. The van der Waals surface area contributed by atoms with Gasteiger partial charge in [0.1, 0.15) is 5.82 Å². The Bertz CT molecular complexity index is 1670. The molecule has 0 radical (unpaired) electrons. The molecule has 1 amide bonds. The fourth-order valence-electron chi connectivity index (χ4n) is 6.53. The number of nitrogens with one attached hydrogen (secondary N) is 1. The van der Waals surface area contributed by atoms with Crippen LogP contribution in [0.5, 0.6) is 0 Å². The topological polar surface area (TPSA) is 83.7 Å². The van der Waals surface area contributed by atoms with Crippen molar-refractivity contribution in [3.63, 3.8) is 0 Å². The molecule has 0 bridgehead atoms. The van der Waals surface area contributed by atoms with Crippen LogP contribution in [0.15, 0.2) is 85.1 Å². The molecule has 1 aliphatic heterocycles. The monoisotopic (exact) mass is 657 g/mol. The highest BCUT2D eigenvalue weighted by molar-refractivity contribution is 5.99. The average Bonchev–Trinajstić information content (AvgIpc) is 3.52. The number of aromatic nitrogens is 1. The summed E-state index contributed by atoms with van der Waals surface area (Å²) in [5.74, 6) is -0.127. The summed E-state index contributed by atoms with van der Waals surface area (Å²) < 4.78 is 45.1. The largest absolute Gasteiger partial charge is 0.416 e. The number of anilines is 1. The highest BCUT2D eigenvalue weighted by Gasteiger charge is 2.31. The number of amides is 1. The van der Waals surface area contributed by atoms with Crippen LogP contribution in [0, 0.1) is 5.92 Å². The van der Waals surface area contributed by atoms with Crippen LogP contribution >= 0.6 is 0 Å². The van der Waals surface area contributed by atoms with Gasteiger partial charge in [-0.15, -0.1) is 0 Å². The summed E-state index contributed by atoms with van der Waals surface area (Å²) in [6, 6.07) is 23.5. The molecule has 2 aliphatic rings. The van der Waals surface area contributed by atoms with Gasteiger partial charge in [-0.2, -0.15) is 13.2 Å². The van der Waals surface area contributed by atoms with Crippen molar-refractivity contribution < 1.29 is 22.7 Å². The van der Waals surface area contributed by atoms with E-state index in [2.05, 4.69) is 75.7 Å². The van der Waals surface area contributed by atoms with Gasteiger partial charge in [-0.3, -0.25) is 9.69 Å². The molecule has 1 saturated heterocycles. The zero-order valence-electron chi connectivity index (χ0n) is 27.2. The summed E-state index contributed by atoms with van der Waals surface area (Å²) in [5, 5.41) is 3.10. The molecule has 0 spiro atoms. The number of benzene rings is 3. The molecule has 2 atom stereocenters. The molecule has 7 nitrogen and oxygen atoms in total. The lowest BCUT2D eigenvalue weighted by Crippen LogP contribution is -2.43. The first-order valence-corrected chi connectivity index (χ1v) is 16.5. The highest BCUT2D eigenvalue weighted by Crippen LogP contribution is 2.32. The molecule has 3 N–H and O–H groups in total. The van der Waals surface area contributed by atoms with Crippen molar-refractivity contribution in [1.82, 2.24) is 20.1 Å². The Morgan fingerprint density at radius 2 is 1.48 bits per heavy atom. The molecule has 2 heterocycles. The van der Waals surface area contributed by atoms with Crippen molar-refractivity contribution in [2.24, 2.45) is 5.92 Å². The summed E-state index contributed by atoms with van der Waals surface area (Å²) in [4.78, 5) is 22.3. The number of nitrogens with two attached hydrogens (primary N) is 1. The summed E-state index contributed by atoms with van der Waals surface area (Å²) in [7, 11) is 2.18. The maximum absolute atomic E-state index is 13.3. The third-order valence-corrected chi connectivity index (χ3v) is 9.53. The molecule has 1 aromatic heterocycles. The first kappa shape index (κ1) is 33.6. The fraction of sp³-hybridized carbons (Fsp3) is 0.368. The molecule has 4 aromatic rings. The van der Waals surface area contributed by atoms with Gasteiger partial charge in [0.05, 0.1) is 24.3 Å². The number of hydrogen-bond donors (Lipinski definition) is 2. The minimum Gasteiger partial charge on any atom is -0.383 e. The van der Waals surface area contributed by atoms with E-state index in [4.69, 9.17) is 10.5 Å². The van der Waals surface area contributed by atoms with Crippen LogP contribution in [-0.4, -0.2) is 66.6 Å². The van der Waals surface area contributed by atoms with Crippen LogP contribution in [0.4, 0.5) is 19.0 Å². The van der Waals surface area contributed by atoms with Gasteiger partial charge in [0, 0.05) is 56.4 Å². The third kappa shape index (κ3) is 8.42.